The molecule has 0 aliphatic rings. The fraction of sp³-hybridized carbons (Fsp3) is 1.00. The van der Waals surface area contributed by atoms with Crippen LogP contribution in [0.5, 0.6) is 0 Å². The van der Waals surface area contributed by atoms with Gasteiger partial charge in [-0.25, -0.2) is 0 Å². The largest absolute Gasteiger partial charge is 0.427 e. The van der Waals surface area contributed by atoms with Crippen LogP contribution in [-0.2, 0) is 4.65 Å². The predicted molar refractivity (Wildman–Crippen MR) is 35.8 cm³/mol. The van der Waals surface area contributed by atoms with Gasteiger partial charge in [0.05, 0.1) is 0 Å². The summed E-state index contributed by atoms with van der Waals surface area (Å²) in [6.45, 7) is 1.70. The zero-order valence-electron chi connectivity index (χ0n) is 5.31. The quantitative estimate of drug-likeness (QED) is 0.351. The fourth-order valence-corrected chi connectivity index (χ4v) is 0.401. The monoisotopic (exact) mass is 116 g/mol. The van der Waals surface area contributed by atoms with Crippen LogP contribution in [0.1, 0.15) is 6.42 Å². The van der Waals surface area contributed by atoms with Crippen LogP contribution < -0.4 is 11.0 Å². The Morgan fingerprint density at radius 2 is 2.50 bits per heavy atom. The van der Waals surface area contributed by atoms with E-state index >= 15 is 0 Å². The third-order valence-corrected chi connectivity index (χ3v) is 0.804. The van der Waals surface area contributed by atoms with Gasteiger partial charge in [0, 0.05) is 7.11 Å². The fourth-order valence-electron chi connectivity index (χ4n) is 0.401. The molecule has 0 radical (unpaired) electrons. The maximum Gasteiger partial charge on any atom is 0.360 e. The molecule has 0 aromatic heterocycles. The van der Waals surface area contributed by atoms with Crippen molar-refractivity contribution in [2.24, 2.45) is 5.73 Å². The minimum atomic E-state index is 0.625. The first-order valence-corrected chi connectivity index (χ1v) is 2.81. The number of nitrogens with one attached hydrogen (secondary N) is 1. The molecule has 0 bridgehead atoms. The van der Waals surface area contributed by atoms with Gasteiger partial charge in [0.15, 0.2) is 0 Å². The van der Waals surface area contributed by atoms with Gasteiger partial charge in [-0.1, -0.05) is 0 Å². The standard InChI is InChI=1S/C4H13BN2O/c1-8-5-7-4-2-3-6/h5,7H,2-4,6H2,1H3. The average molecular weight is 116 g/mol. The second-order valence-electron chi connectivity index (χ2n) is 1.58. The molecule has 0 aliphatic heterocycles. The van der Waals surface area contributed by atoms with Crippen molar-refractivity contribution in [3.63, 3.8) is 0 Å². The molecular weight excluding hydrogens is 103 g/mol. The highest BCUT2D eigenvalue weighted by Gasteiger charge is 1.84. The Bertz CT molecular complexity index is 39.0. The van der Waals surface area contributed by atoms with Crippen molar-refractivity contribution in [3.8, 4) is 0 Å². The summed E-state index contributed by atoms with van der Waals surface area (Å²) in [4.78, 5) is 0. The molecule has 48 valence electrons. The van der Waals surface area contributed by atoms with Crippen molar-refractivity contribution in [2.75, 3.05) is 20.2 Å². The minimum Gasteiger partial charge on any atom is -0.427 e. The zero-order chi connectivity index (χ0) is 6.24. The van der Waals surface area contributed by atoms with Crippen molar-refractivity contribution < 1.29 is 4.65 Å². The predicted octanol–water partition coefficient (Wildman–Crippen LogP) is -1.16. The van der Waals surface area contributed by atoms with E-state index in [-0.39, 0.29) is 0 Å². The van der Waals surface area contributed by atoms with E-state index in [1.807, 2.05) is 0 Å². The summed E-state index contributed by atoms with van der Waals surface area (Å²) in [6.07, 6.45) is 1.02. The first kappa shape index (κ1) is 7.94. The molecule has 0 atom stereocenters. The van der Waals surface area contributed by atoms with Crippen LogP contribution in [0.4, 0.5) is 0 Å². The molecule has 0 amide bonds. The molecule has 3 N–H and O–H groups in total. The molecule has 0 saturated heterocycles. The first-order chi connectivity index (χ1) is 3.91. The number of rotatable bonds is 5. The van der Waals surface area contributed by atoms with E-state index < -0.39 is 0 Å². The second kappa shape index (κ2) is 6.94. The highest BCUT2D eigenvalue weighted by atomic mass is 16.4. The Hall–Kier alpha value is -0.0551. The summed E-state index contributed by atoms with van der Waals surface area (Å²) < 4.78 is 4.74. The van der Waals surface area contributed by atoms with Crippen LogP contribution in [-0.4, -0.2) is 27.8 Å². The Labute approximate surface area is 50.9 Å². The van der Waals surface area contributed by atoms with Crippen LogP contribution in [0.15, 0.2) is 0 Å². The van der Waals surface area contributed by atoms with Crippen LogP contribution in [0, 0.1) is 0 Å². The van der Waals surface area contributed by atoms with Gasteiger partial charge < -0.3 is 15.6 Å². The SMILES string of the molecule is COBNCCCN. The molecular formula is C4H13BN2O. The molecule has 0 unspecified atom stereocenters. The summed E-state index contributed by atoms with van der Waals surface area (Å²) >= 11 is 0. The summed E-state index contributed by atoms with van der Waals surface area (Å²) in [5.74, 6) is 0. The Morgan fingerprint density at radius 3 is 3.00 bits per heavy atom. The maximum atomic E-state index is 5.23. The molecule has 0 fully saturated rings. The number of nitrogens with two attached hydrogens (primary N) is 1. The zero-order valence-corrected chi connectivity index (χ0v) is 5.31. The third-order valence-electron chi connectivity index (χ3n) is 0.804. The highest BCUT2D eigenvalue weighted by molar-refractivity contribution is 6.23. The van der Waals surface area contributed by atoms with Gasteiger partial charge in [0.2, 0.25) is 0 Å². The molecule has 8 heavy (non-hydrogen) atoms. The van der Waals surface area contributed by atoms with E-state index in [1.165, 1.54) is 0 Å². The molecule has 0 rings (SSSR count). The van der Waals surface area contributed by atoms with E-state index in [0.29, 0.717) is 7.62 Å². The molecule has 0 saturated carbocycles. The van der Waals surface area contributed by atoms with Crippen molar-refractivity contribution in [1.29, 1.82) is 0 Å². The summed E-state index contributed by atoms with van der Waals surface area (Å²) in [5.41, 5.74) is 5.23. The average Bonchev–Trinajstić information content (AvgIpc) is 1.81. The van der Waals surface area contributed by atoms with E-state index in [4.69, 9.17) is 10.4 Å². The van der Waals surface area contributed by atoms with Gasteiger partial charge in [0.1, 0.15) is 0 Å². The molecule has 0 heterocycles. The summed E-state index contributed by atoms with van der Waals surface area (Å²) in [5, 5.41) is 3.03. The molecule has 0 aromatic rings. The van der Waals surface area contributed by atoms with Gasteiger partial charge >= 0.3 is 7.62 Å². The van der Waals surface area contributed by atoms with Gasteiger partial charge in [0.25, 0.3) is 0 Å². The third kappa shape index (κ3) is 5.94. The van der Waals surface area contributed by atoms with E-state index in [2.05, 4.69) is 5.23 Å². The number of hydrogen-bond donors (Lipinski definition) is 2. The van der Waals surface area contributed by atoms with E-state index in [9.17, 15) is 0 Å². The van der Waals surface area contributed by atoms with Crippen LogP contribution in [0.25, 0.3) is 0 Å². The molecule has 0 spiro atoms. The van der Waals surface area contributed by atoms with Crippen LogP contribution >= 0.6 is 0 Å². The minimum absolute atomic E-state index is 0.625. The van der Waals surface area contributed by atoms with Gasteiger partial charge in [-0.15, -0.1) is 0 Å². The number of hydrogen-bond acceptors (Lipinski definition) is 3. The summed E-state index contributed by atoms with van der Waals surface area (Å²) in [7, 11) is 2.29. The molecule has 3 nitrogen and oxygen atoms in total. The highest BCUT2D eigenvalue weighted by Crippen LogP contribution is 1.66. The molecule has 0 aliphatic carbocycles. The van der Waals surface area contributed by atoms with Crippen molar-refractivity contribution >= 4 is 7.62 Å². The lowest BCUT2D eigenvalue weighted by Gasteiger charge is -1.96. The van der Waals surface area contributed by atoms with Crippen molar-refractivity contribution in [3.05, 3.63) is 0 Å². The van der Waals surface area contributed by atoms with E-state index in [1.54, 1.807) is 7.11 Å². The second-order valence-corrected chi connectivity index (χ2v) is 1.58. The lowest BCUT2D eigenvalue weighted by Crippen LogP contribution is -2.23. The molecule has 4 heteroatoms. The molecule has 0 aromatic carbocycles. The van der Waals surface area contributed by atoms with E-state index in [0.717, 1.165) is 19.5 Å². The Kier molecular flexibility index (Phi) is 6.90. The summed E-state index contributed by atoms with van der Waals surface area (Å²) in [6, 6.07) is 0. The lowest BCUT2D eigenvalue weighted by atomic mass is 10.2. The van der Waals surface area contributed by atoms with Gasteiger partial charge in [-0.05, 0) is 19.5 Å². The first-order valence-electron chi connectivity index (χ1n) is 2.81. The van der Waals surface area contributed by atoms with Crippen molar-refractivity contribution in [1.82, 2.24) is 5.23 Å². The van der Waals surface area contributed by atoms with Gasteiger partial charge in [-0.3, -0.25) is 0 Å². The van der Waals surface area contributed by atoms with Crippen LogP contribution in [0.3, 0.4) is 0 Å². The smallest absolute Gasteiger partial charge is 0.360 e. The lowest BCUT2D eigenvalue weighted by molar-refractivity contribution is 0.430. The topological polar surface area (TPSA) is 47.3 Å². The van der Waals surface area contributed by atoms with Gasteiger partial charge in [-0.2, -0.15) is 0 Å². The Morgan fingerprint density at radius 1 is 1.75 bits per heavy atom. The normalized spacial score (nSPS) is 9.25. The van der Waals surface area contributed by atoms with Crippen molar-refractivity contribution in [2.45, 2.75) is 6.42 Å². The Balaban J connectivity index is 2.53. The van der Waals surface area contributed by atoms with Crippen LogP contribution in [0.2, 0.25) is 0 Å². The maximum absolute atomic E-state index is 5.23.